The molecule has 0 radical (unpaired) electrons. The minimum atomic E-state index is -0.292. The number of esters is 1. The van der Waals surface area contributed by atoms with Crippen molar-refractivity contribution in [2.24, 2.45) is 5.92 Å². The maximum Gasteiger partial charge on any atom is 0.306 e. The maximum atomic E-state index is 13.2. The van der Waals surface area contributed by atoms with Gasteiger partial charge in [0, 0.05) is 13.1 Å². The van der Waals surface area contributed by atoms with Gasteiger partial charge in [-0.25, -0.2) is 4.39 Å². The van der Waals surface area contributed by atoms with Crippen LogP contribution in [-0.2, 0) is 14.3 Å². The van der Waals surface area contributed by atoms with Gasteiger partial charge >= 0.3 is 5.97 Å². The topological polar surface area (TPSA) is 46.6 Å². The van der Waals surface area contributed by atoms with Crippen LogP contribution in [0.2, 0.25) is 0 Å². The number of ether oxygens (including phenoxy) is 1. The molecule has 1 aliphatic rings. The van der Waals surface area contributed by atoms with Crippen LogP contribution in [0.1, 0.15) is 37.7 Å². The van der Waals surface area contributed by atoms with Gasteiger partial charge in [-0.2, -0.15) is 0 Å². The Morgan fingerprint density at radius 3 is 2.50 bits per heavy atom. The van der Waals surface area contributed by atoms with Crippen LogP contribution >= 0.6 is 0 Å². The van der Waals surface area contributed by atoms with Crippen LogP contribution in [0.5, 0.6) is 0 Å². The SMILES string of the molecule is C=CC(=O)N1CCC(C(CC(=O)OCC)c2ccc(F)cc2)CC1. The second-order valence-corrected chi connectivity index (χ2v) is 6.03. The van der Waals surface area contributed by atoms with E-state index in [2.05, 4.69) is 6.58 Å². The van der Waals surface area contributed by atoms with Crippen molar-refractivity contribution >= 4 is 11.9 Å². The standard InChI is InChI=1S/C19H24FNO3/c1-3-18(22)21-11-9-15(10-12-21)17(13-19(23)24-4-2)14-5-7-16(20)8-6-14/h3,5-8,15,17H,1,4,9-13H2,2H3. The molecular formula is C19H24FNO3. The minimum Gasteiger partial charge on any atom is -0.466 e. The molecule has 0 N–H and O–H groups in total. The lowest BCUT2D eigenvalue weighted by molar-refractivity contribution is -0.144. The van der Waals surface area contributed by atoms with E-state index >= 15 is 0 Å². The number of benzene rings is 1. The van der Waals surface area contributed by atoms with Gasteiger partial charge in [0.1, 0.15) is 5.82 Å². The van der Waals surface area contributed by atoms with Gasteiger partial charge in [0.2, 0.25) is 5.91 Å². The van der Waals surface area contributed by atoms with E-state index in [1.54, 1.807) is 24.0 Å². The van der Waals surface area contributed by atoms with E-state index in [0.29, 0.717) is 19.7 Å². The summed E-state index contributed by atoms with van der Waals surface area (Å²) in [5, 5.41) is 0. The second-order valence-electron chi connectivity index (χ2n) is 6.03. The molecule has 1 aromatic rings. The van der Waals surface area contributed by atoms with Crippen LogP contribution in [0.4, 0.5) is 4.39 Å². The van der Waals surface area contributed by atoms with Gasteiger partial charge in [-0.3, -0.25) is 9.59 Å². The van der Waals surface area contributed by atoms with Gasteiger partial charge in [0.05, 0.1) is 13.0 Å². The zero-order valence-corrected chi connectivity index (χ0v) is 14.0. The Morgan fingerprint density at radius 2 is 1.96 bits per heavy atom. The Hall–Kier alpha value is -2.17. The van der Waals surface area contributed by atoms with Crippen molar-refractivity contribution in [3.05, 3.63) is 48.3 Å². The molecule has 1 unspecified atom stereocenters. The zero-order valence-electron chi connectivity index (χ0n) is 14.0. The highest BCUT2D eigenvalue weighted by Crippen LogP contribution is 2.35. The average molecular weight is 333 g/mol. The molecule has 130 valence electrons. The van der Waals surface area contributed by atoms with E-state index in [4.69, 9.17) is 4.74 Å². The number of piperidine rings is 1. The van der Waals surface area contributed by atoms with Crippen molar-refractivity contribution in [3.8, 4) is 0 Å². The van der Waals surface area contributed by atoms with E-state index in [0.717, 1.165) is 18.4 Å². The molecule has 5 heteroatoms. The highest BCUT2D eigenvalue weighted by molar-refractivity contribution is 5.87. The maximum absolute atomic E-state index is 13.2. The van der Waals surface area contributed by atoms with Gasteiger partial charge in [-0.1, -0.05) is 18.7 Å². The first-order chi connectivity index (χ1) is 11.5. The summed E-state index contributed by atoms with van der Waals surface area (Å²) in [5.41, 5.74) is 0.943. The normalized spacial score (nSPS) is 16.5. The summed E-state index contributed by atoms with van der Waals surface area (Å²) < 4.78 is 18.3. The van der Waals surface area contributed by atoms with Crippen molar-refractivity contribution in [3.63, 3.8) is 0 Å². The summed E-state index contributed by atoms with van der Waals surface area (Å²) in [4.78, 5) is 25.5. The van der Waals surface area contributed by atoms with Crippen LogP contribution in [0.15, 0.2) is 36.9 Å². The Balaban J connectivity index is 2.11. The molecule has 0 aliphatic carbocycles. The Labute approximate surface area is 142 Å². The summed E-state index contributed by atoms with van der Waals surface area (Å²) in [5.74, 6) is -0.354. The quantitative estimate of drug-likeness (QED) is 0.593. The van der Waals surface area contributed by atoms with Crippen molar-refractivity contribution in [2.75, 3.05) is 19.7 Å². The molecule has 2 rings (SSSR count). The van der Waals surface area contributed by atoms with E-state index in [1.165, 1.54) is 18.2 Å². The summed E-state index contributed by atoms with van der Waals surface area (Å²) in [6, 6.07) is 6.31. The molecule has 1 aromatic carbocycles. The molecule has 1 aliphatic heterocycles. The number of rotatable bonds is 6. The minimum absolute atomic E-state index is 0.0226. The first-order valence-corrected chi connectivity index (χ1v) is 8.37. The lowest BCUT2D eigenvalue weighted by Crippen LogP contribution is -2.39. The number of hydrogen-bond acceptors (Lipinski definition) is 3. The van der Waals surface area contributed by atoms with Gasteiger partial charge < -0.3 is 9.64 Å². The van der Waals surface area contributed by atoms with E-state index in [-0.39, 0.29) is 36.0 Å². The molecule has 1 amide bonds. The molecule has 0 aromatic heterocycles. The molecule has 1 fully saturated rings. The summed E-state index contributed by atoms with van der Waals surface area (Å²) >= 11 is 0. The van der Waals surface area contributed by atoms with Crippen molar-refractivity contribution in [2.45, 2.75) is 32.1 Å². The van der Waals surface area contributed by atoms with E-state index in [1.807, 2.05) is 0 Å². The number of likely N-dealkylation sites (tertiary alicyclic amines) is 1. The van der Waals surface area contributed by atoms with Crippen LogP contribution in [0.3, 0.4) is 0 Å². The zero-order chi connectivity index (χ0) is 17.5. The molecule has 1 atom stereocenters. The van der Waals surface area contributed by atoms with Crippen molar-refractivity contribution in [1.29, 1.82) is 0 Å². The lowest BCUT2D eigenvalue weighted by Gasteiger charge is -2.35. The van der Waals surface area contributed by atoms with Crippen molar-refractivity contribution in [1.82, 2.24) is 4.90 Å². The molecule has 24 heavy (non-hydrogen) atoms. The first kappa shape index (κ1) is 18.2. The fourth-order valence-corrected chi connectivity index (χ4v) is 3.32. The van der Waals surface area contributed by atoms with E-state index < -0.39 is 0 Å². The summed E-state index contributed by atoms with van der Waals surface area (Å²) in [6.45, 7) is 6.95. The molecule has 1 heterocycles. The van der Waals surface area contributed by atoms with Crippen LogP contribution in [-0.4, -0.2) is 36.5 Å². The predicted molar refractivity (Wildman–Crippen MR) is 89.9 cm³/mol. The fraction of sp³-hybridized carbons (Fsp3) is 0.474. The third-order valence-corrected chi connectivity index (χ3v) is 4.59. The number of amides is 1. The largest absolute Gasteiger partial charge is 0.466 e. The molecule has 1 saturated heterocycles. The first-order valence-electron chi connectivity index (χ1n) is 8.37. The fourth-order valence-electron chi connectivity index (χ4n) is 3.32. The molecular weight excluding hydrogens is 309 g/mol. The highest BCUT2D eigenvalue weighted by Gasteiger charge is 2.30. The Kier molecular flexibility index (Phi) is 6.53. The van der Waals surface area contributed by atoms with Crippen LogP contribution in [0, 0.1) is 11.7 Å². The van der Waals surface area contributed by atoms with Crippen LogP contribution < -0.4 is 0 Å². The van der Waals surface area contributed by atoms with Gasteiger partial charge in [-0.15, -0.1) is 0 Å². The molecule has 0 spiro atoms. The predicted octanol–water partition coefficient (Wildman–Crippen LogP) is 3.29. The third kappa shape index (κ3) is 4.66. The number of carbonyl (C=O) groups excluding carboxylic acids is 2. The van der Waals surface area contributed by atoms with E-state index in [9.17, 15) is 14.0 Å². The molecule has 0 saturated carbocycles. The van der Waals surface area contributed by atoms with Crippen LogP contribution in [0.25, 0.3) is 0 Å². The number of hydrogen-bond donors (Lipinski definition) is 0. The van der Waals surface area contributed by atoms with Crippen molar-refractivity contribution < 1.29 is 18.7 Å². The lowest BCUT2D eigenvalue weighted by atomic mass is 9.78. The van der Waals surface area contributed by atoms with Gasteiger partial charge in [0.25, 0.3) is 0 Å². The number of halogens is 1. The molecule has 4 nitrogen and oxygen atoms in total. The average Bonchev–Trinajstić information content (AvgIpc) is 2.60. The van der Waals surface area contributed by atoms with Gasteiger partial charge in [-0.05, 0) is 55.4 Å². The summed E-state index contributed by atoms with van der Waals surface area (Å²) in [7, 11) is 0. The Morgan fingerprint density at radius 1 is 1.33 bits per heavy atom. The smallest absolute Gasteiger partial charge is 0.306 e. The third-order valence-electron chi connectivity index (χ3n) is 4.59. The summed E-state index contributed by atoms with van der Waals surface area (Å²) in [6.07, 6.45) is 3.22. The number of carbonyl (C=O) groups is 2. The second kappa shape index (κ2) is 8.62. The van der Waals surface area contributed by atoms with Gasteiger partial charge in [0.15, 0.2) is 0 Å². The molecule has 0 bridgehead atoms. The highest BCUT2D eigenvalue weighted by atomic mass is 19.1. The number of nitrogens with zero attached hydrogens (tertiary/aromatic N) is 1. The Bertz CT molecular complexity index is 577. The monoisotopic (exact) mass is 333 g/mol.